The molecule has 0 fully saturated rings. The molecule has 0 aliphatic carbocycles. The van der Waals surface area contributed by atoms with Gasteiger partial charge in [-0.05, 0) is 55.4 Å². The van der Waals surface area contributed by atoms with Crippen LogP contribution in [0, 0.1) is 0 Å². The second kappa shape index (κ2) is 10.9. The lowest BCUT2D eigenvalue weighted by atomic mass is 10.4. The Morgan fingerprint density at radius 3 is 1.40 bits per heavy atom. The highest BCUT2D eigenvalue weighted by Crippen LogP contribution is 2.38. The molecule has 0 rings (SSSR count). The molecule has 9 heteroatoms. The van der Waals surface area contributed by atoms with Crippen molar-refractivity contribution >= 4 is 19.4 Å². The average molecular weight is 380 g/mol. The molecule has 0 amide bonds. The van der Waals surface area contributed by atoms with Crippen LogP contribution in [0.15, 0.2) is 0 Å². The Morgan fingerprint density at radius 1 is 0.760 bits per heavy atom. The summed E-state index contributed by atoms with van der Waals surface area (Å²) in [7, 11) is -3.40. The molecule has 0 aromatic rings. The lowest BCUT2D eigenvalue weighted by Crippen LogP contribution is -2.43. The third kappa shape index (κ3) is 10.6. The summed E-state index contributed by atoms with van der Waals surface area (Å²) < 4.78 is 28.8. The second-order valence-electron chi connectivity index (χ2n) is 6.76. The van der Waals surface area contributed by atoms with Gasteiger partial charge in [0.1, 0.15) is 18.4 Å². The molecule has 0 heterocycles. The van der Waals surface area contributed by atoms with Gasteiger partial charge in [-0.1, -0.05) is 0 Å². The van der Waals surface area contributed by atoms with Crippen LogP contribution in [0.25, 0.3) is 0 Å². The summed E-state index contributed by atoms with van der Waals surface area (Å²) in [5, 5.41) is 5.46. The number of ether oxygens (including phenoxy) is 3. The highest BCUT2D eigenvalue weighted by molar-refractivity contribution is 7.59. The molecule has 0 unspecified atom stereocenters. The van der Waals surface area contributed by atoms with Crippen molar-refractivity contribution in [3.8, 4) is 0 Å². The number of esters is 2. The summed E-state index contributed by atoms with van der Waals surface area (Å²) in [6.07, 6.45) is -0.900. The molecular formula is C16H33N2O6P. The third-order valence-electron chi connectivity index (χ3n) is 2.80. The van der Waals surface area contributed by atoms with Crippen molar-refractivity contribution in [1.82, 2.24) is 10.2 Å². The predicted molar refractivity (Wildman–Crippen MR) is 96.3 cm³/mol. The number of carbonyl (C=O) groups excluding carboxylic acids is 2. The van der Waals surface area contributed by atoms with Crippen molar-refractivity contribution < 1.29 is 28.4 Å². The molecule has 0 saturated heterocycles. The number of nitrogens with one attached hydrogen (secondary N) is 2. The Labute approximate surface area is 150 Å². The van der Waals surface area contributed by atoms with Gasteiger partial charge in [-0.25, -0.2) is 10.2 Å². The lowest BCUT2D eigenvalue weighted by Gasteiger charge is -2.27. The Kier molecular flexibility index (Phi) is 10.5. The van der Waals surface area contributed by atoms with Crippen molar-refractivity contribution in [2.75, 3.05) is 6.35 Å². The third-order valence-corrected chi connectivity index (χ3v) is 4.93. The topological polar surface area (TPSA) is 103 Å². The van der Waals surface area contributed by atoms with Crippen LogP contribution in [-0.2, 0) is 28.4 Å². The Bertz CT molecular complexity index is 447. The summed E-state index contributed by atoms with van der Waals surface area (Å²) in [5.41, 5.74) is 0. The zero-order valence-corrected chi connectivity index (χ0v) is 17.4. The molecule has 8 nitrogen and oxygen atoms in total. The van der Waals surface area contributed by atoms with Gasteiger partial charge in [-0.3, -0.25) is 14.2 Å². The van der Waals surface area contributed by atoms with Crippen LogP contribution in [0.2, 0.25) is 0 Å². The Hall–Kier alpha value is -0.950. The van der Waals surface area contributed by atoms with E-state index in [4.69, 9.17) is 14.2 Å². The fourth-order valence-electron chi connectivity index (χ4n) is 1.77. The zero-order chi connectivity index (χ0) is 19.8. The molecule has 25 heavy (non-hydrogen) atoms. The van der Waals surface area contributed by atoms with Crippen LogP contribution in [0.3, 0.4) is 0 Å². The van der Waals surface area contributed by atoms with E-state index in [0.717, 1.165) is 0 Å². The smallest absolute Gasteiger partial charge is 0.323 e. The minimum absolute atomic E-state index is 0.159. The highest BCUT2D eigenvalue weighted by Gasteiger charge is 2.32. The van der Waals surface area contributed by atoms with Crippen LogP contribution in [-0.4, -0.2) is 48.7 Å². The molecule has 0 aromatic heterocycles. The van der Waals surface area contributed by atoms with Crippen LogP contribution >= 0.6 is 7.44 Å². The van der Waals surface area contributed by atoms with Gasteiger partial charge in [0.25, 0.3) is 0 Å². The van der Waals surface area contributed by atoms with E-state index in [1.807, 2.05) is 0 Å². The lowest BCUT2D eigenvalue weighted by molar-refractivity contribution is -0.149. The monoisotopic (exact) mass is 380 g/mol. The van der Waals surface area contributed by atoms with E-state index in [0.29, 0.717) is 0 Å². The summed E-state index contributed by atoms with van der Waals surface area (Å²) in [6, 6.07) is -1.66. The maximum absolute atomic E-state index is 13.2. The largest absolute Gasteiger partial charge is 0.462 e. The van der Waals surface area contributed by atoms with E-state index in [-0.39, 0.29) is 24.7 Å². The maximum atomic E-state index is 13.2. The van der Waals surface area contributed by atoms with Crippen molar-refractivity contribution in [1.29, 1.82) is 0 Å². The van der Waals surface area contributed by atoms with Crippen molar-refractivity contribution in [2.45, 2.75) is 85.8 Å². The van der Waals surface area contributed by atoms with E-state index in [2.05, 4.69) is 10.2 Å². The normalized spacial score (nSPS) is 14.7. The fourth-order valence-corrected chi connectivity index (χ4v) is 3.96. The number of hydrogen-bond donors (Lipinski definition) is 2. The van der Waals surface area contributed by atoms with E-state index in [9.17, 15) is 14.2 Å². The highest BCUT2D eigenvalue weighted by atomic mass is 31.2. The zero-order valence-electron chi connectivity index (χ0n) is 16.5. The van der Waals surface area contributed by atoms with Gasteiger partial charge in [0.2, 0.25) is 7.44 Å². The summed E-state index contributed by atoms with van der Waals surface area (Å²) in [4.78, 5) is 23.9. The molecule has 0 bridgehead atoms. The van der Waals surface area contributed by atoms with Crippen LogP contribution in [0.1, 0.15) is 55.4 Å². The number of carbonyl (C=O) groups is 2. The van der Waals surface area contributed by atoms with E-state index < -0.39 is 31.5 Å². The summed E-state index contributed by atoms with van der Waals surface area (Å²) in [6.45, 7) is 13.6. The molecule has 0 spiro atoms. The molecule has 0 saturated carbocycles. The molecule has 0 radical (unpaired) electrons. The quantitative estimate of drug-likeness (QED) is 0.416. The van der Waals surface area contributed by atoms with Gasteiger partial charge in [0.05, 0.1) is 18.3 Å². The first kappa shape index (κ1) is 24.1. The molecule has 2 N–H and O–H groups in total. The molecular weight excluding hydrogens is 347 g/mol. The maximum Gasteiger partial charge on any atom is 0.323 e. The molecule has 148 valence electrons. The SMILES string of the molecule is CC(C)OCP(=O)(N[C@@H](C)C(=O)OC(C)C)N[C@@H](C)C(=O)OC(C)C. The molecule has 2 atom stereocenters. The van der Waals surface area contributed by atoms with Gasteiger partial charge in [-0.15, -0.1) is 0 Å². The second-order valence-corrected chi connectivity index (χ2v) is 9.01. The molecule has 0 aliphatic heterocycles. The average Bonchev–Trinajstić information content (AvgIpc) is 2.43. The first-order chi connectivity index (χ1) is 11.4. The molecule has 0 aromatic carbocycles. The fraction of sp³-hybridized carbons (Fsp3) is 0.875. The van der Waals surface area contributed by atoms with Crippen molar-refractivity contribution in [3.05, 3.63) is 0 Å². The number of hydrogen-bond acceptors (Lipinski definition) is 6. The van der Waals surface area contributed by atoms with Gasteiger partial charge < -0.3 is 14.2 Å². The van der Waals surface area contributed by atoms with Gasteiger partial charge in [0.15, 0.2) is 0 Å². The van der Waals surface area contributed by atoms with Crippen LogP contribution in [0.5, 0.6) is 0 Å². The summed E-state index contributed by atoms with van der Waals surface area (Å²) in [5.74, 6) is -1.06. The standard InChI is InChI=1S/C16H33N2O6P/c1-10(2)22-9-25(21,17-13(7)15(19)23-11(3)4)18-14(8)16(20)24-12(5)6/h10-14H,9H2,1-8H3,(H2,17,18,21)/t13-,14-/m0/s1. The Morgan fingerprint density at radius 2 is 1.12 bits per heavy atom. The Balaban J connectivity index is 5.07. The first-order valence-electron chi connectivity index (χ1n) is 8.53. The van der Waals surface area contributed by atoms with Crippen LogP contribution < -0.4 is 10.2 Å². The van der Waals surface area contributed by atoms with Gasteiger partial charge in [0, 0.05) is 0 Å². The van der Waals surface area contributed by atoms with Gasteiger partial charge >= 0.3 is 11.9 Å². The minimum atomic E-state index is -3.40. The van der Waals surface area contributed by atoms with E-state index in [1.165, 1.54) is 0 Å². The van der Waals surface area contributed by atoms with E-state index >= 15 is 0 Å². The first-order valence-corrected chi connectivity index (χ1v) is 10.4. The predicted octanol–water partition coefficient (Wildman–Crippen LogP) is 2.42. The van der Waals surface area contributed by atoms with Gasteiger partial charge in [-0.2, -0.15) is 0 Å². The number of rotatable bonds is 11. The van der Waals surface area contributed by atoms with Crippen LogP contribution in [0.4, 0.5) is 0 Å². The van der Waals surface area contributed by atoms with E-state index in [1.54, 1.807) is 55.4 Å². The van der Waals surface area contributed by atoms with Crippen molar-refractivity contribution in [3.63, 3.8) is 0 Å². The minimum Gasteiger partial charge on any atom is -0.462 e. The van der Waals surface area contributed by atoms with Crippen molar-refractivity contribution in [2.24, 2.45) is 0 Å². The summed E-state index contributed by atoms with van der Waals surface area (Å²) >= 11 is 0. The molecule has 0 aliphatic rings.